The van der Waals surface area contributed by atoms with Crippen LogP contribution in [0.1, 0.15) is 29.3 Å². The van der Waals surface area contributed by atoms with Gasteiger partial charge in [-0.3, -0.25) is 4.98 Å². The fourth-order valence-corrected chi connectivity index (χ4v) is 6.84. The predicted octanol–water partition coefficient (Wildman–Crippen LogP) is 3.15. The van der Waals surface area contributed by atoms with Gasteiger partial charge in [0.25, 0.3) is 0 Å². The molecule has 2 aromatic carbocycles. The summed E-state index contributed by atoms with van der Waals surface area (Å²) in [6, 6.07) is 12.1. The Hall–Kier alpha value is -4.61. The molecule has 14 heteroatoms. The van der Waals surface area contributed by atoms with E-state index in [0.717, 1.165) is 6.54 Å². The molecule has 1 N–H and O–H groups in total. The molecule has 1 aromatic heterocycles. The first-order valence-corrected chi connectivity index (χ1v) is 17.1. The van der Waals surface area contributed by atoms with Crippen LogP contribution in [0.3, 0.4) is 0 Å². The molecule has 244 valence electrons. The lowest BCUT2D eigenvalue weighted by Gasteiger charge is -2.37. The van der Waals surface area contributed by atoms with E-state index in [1.165, 1.54) is 6.20 Å². The van der Waals surface area contributed by atoms with Gasteiger partial charge in [0.05, 0.1) is 54.7 Å². The van der Waals surface area contributed by atoms with Gasteiger partial charge in [0.2, 0.25) is 0 Å². The van der Waals surface area contributed by atoms with E-state index in [4.69, 9.17) is 19.5 Å². The van der Waals surface area contributed by atoms with E-state index in [1.54, 1.807) is 49.3 Å². The standard InChI is InChI=1S/C32H38N6O7S/c1-3-44-31(39)26-22-34-27-20-29(45-16-4-9-36-14-17-46(41,42)18-15-36)28(43-2)19-25(27)30(26)37-10-12-38(13-11-37)32(40)35-24-7-5-23(21-33)6-8-24/h5-8,19-20,22H,3-4,9-18H2,1-2H3,(H,35,40). The van der Waals surface area contributed by atoms with Gasteiger partial charge in [-0.2, -0.15) is 5.26 Å². The molecule has 0 aliphatic carbocycles. The Morgan fingerprint density at radius 2 is 1.74 bits per heavy atom. The highest BCUT2D eigenvalue weighted by Crippen LogP contribution is 2.38. The zero-order valence-electron chi connectivity index (χ0n) is 26.0. The number of hydrogen-bond donors (Lipinski definition) is 1. The number of fused-ring (bicyclic) bond motifs is 1. The van der Waals surface area contributed by atoms with Crippen LogP contribution in [0.4, 0.5) is 16.2 Å². The Morgan fingerprint density at radius 1 is 1.02 bits per heavy atom. The number of hydrogen-bond acceptors (Lipinski definition) is 11. The summed E-state index contributed by atoms with van der Waals surface area (Å²) in [5.74, 6) is 0.894. The lowest BCUT2D eigenvalue weighted by Crippen LogP contribution is -2.50. The lowest BCUT2D eigenvalue weighted by atomic mass is 10.1. The highest BCUT2D eigenvalue weighted by molar-refractivity contribution is 7.91. The molecule has 0 atom stereocenters. The summed E-state index contributed by atoms with van der Waals surface area (Å²) in [5, 5.41) is 12.6. The number of amides is 2. The van der Waals surface area contributed by atoms with Crippen molar-refractivity contribution in [2.75, 3.05) is 87.9 Å². The SMILES string of the molecule is CCOC(=O)c1cnc2cc(OCCCN3CCS(=O)(=O)CC3)c(OC)cc2c1N1CCN(C(=O)Nc2ccc(C#N)cc2)CC1. The van der Waals surface area contributed by atoms with Crippen molar-refractivity contribution in [3.05, 3.63) is 53.7 Å². The van der Waals surface area contributed by atoms with Crippen molar-refractivity contribution in [1.29, 1.82) is 5.26 Å². The number of anilines is 2. The van der Waals surface area contributed by atoms with Crippen LogP contribution in [0.2, 0.25) is 0 Å². The number of aromatic nitrogens is 1. The van der Waals surface area contributed by atoms with Gasteiger partial charge < -0.3 is 34.2 Å². The summed E-state index contributed by atoms with van der Waals surface area (Å²) in [6.45, 7) is 5.92. The van der Waals surface area contributed by atoms with Crippen molar-refractivity contribution in [3.63, 3.8) is 0 Å². The van der Waals surface area contributed by atoms with E-state index < -0.39 is 15.8 Å². The van der Waals surface area contributed by atoms with Crippen molar-refractivity contribution in [2.24, 2.45) is 0 Å². The number of carbonyl (C=O) groups is 2. The lowest BCUT2D eigenvalue weighted by molar-refractivity contribution is 0.0526. The molecule has 46 heavy (non-hydrogen) atoms. The van der Waals surface area contributed by atoms with Crippen LogP contribution >= 0.6 is 0 Å². The van der Waals surface area contributed by atoms with Crippen molar-refractivity contribution >= 4 is 44.1 Å². The Morgan fingerprint density at radius 3 is 2.39 bits per heavy atom. The third-order valence-electron chi connectivity index (χ3n) is 8.08. The number of carbonyl (C=O) groups excluding carboxylic acids is 2. The van der Waals surface area contributed by atoms with Crippen molar-refractivity contribution in [3.8, 4) is 17.6 Å². The fraction of sp³-hybridized carbons (Fsp3) is 0.438. The largest absolute Gasteiger partial charge is 0.493 e. The normalized spacial score (nSPS) is 16.5. The molecule has 0 radical (unpaired) electrons. The number of nitrogens with zero attached hydrogens (tertiary/aromatic N) is 5. The third-order valence-corrected chi connectivity index (χ3v) is 9.69. The quantitative estimate of drug-likeness (QED) is 0.254. The molecular weight excluding hydrogens is 612 g/mol. The van der Waals surface area contributed by atoms with Crippen LogP contribution in [0, 0.1) is 11.3 Å². The third kappa shape index (κ3) is 7.78. The highest BCUT2D eigenvalue weighted by Gasteiger charge is 2.28. The zero-order valence-corrected chi connectivity index (χ0v) is 26.8. The average Bonchev–Trinajstić information content (AvgIpc) is 3.07. The van der Waals surface area contributed by atoms with E-state index in [1.807, 2.05) is 6.07 Å². The highest BCUT2D eigenvalue weighted by atomic mass is 32.2. The molecule has 0 bridgehead atoms. The van der Waals surface area contributed by atoms with E-state index in [9.17, 15) is 18.0 Å². The number of urea groups is 1. The minimum atomic E-state index is -2.92. The topological polar surface area (TPSA) is 154 Å². The first-order chi connectivity index (χ1) is 22.2. The molecule has 2 aliphatic heterocycles. The van der Waals surface area contributed by atoms with Crippen LogP contribution in [-0.4, -0.2) is 113 Å². The Kier molecular flexibility index (Phi) is 10.4. The van der Waals surface area contributed by atoms with Gasteiger partial charge in [-0.05, 0) is 43.7 Å². The Bertz CT molecular complexity index is 1700. The second-order valence-electron chi connectivity index (χ2n) is 11.1. The molecule has 2 aliphatic rings. The molecule has 0 unspecified atom stereocenters. The Balaban J connectivity index is 1.30. The van der Waals surface area contributed by atoms with Gasteiger partial charge >= 0.3 is 12.0 Å². The molecule has 2 fully saturated rings. The second-order valence-corrected chi connectivity index (χ2v) is 13.4. The average molecular weight is 651 g/mol. The molecule has 2 saturated heterocycles. The number of benzene rings is 2. The van der Waals surface area contributed by atoms with Crippen molar-refractivity contribution in [1.82, 2.24) is 14.8 Å². The predicted molar refractivity (Wildman–Crippen MR) is 173 cm³/mol. The van der Waals surface area contributed by atoms with Crippen LogP contribution < -0.4 is 19.7 Å². The van der Waals surface area contributed by atoms with Crippen molar-refractivity contribution < 1.29 is 32.2 Å². The molecule has 3 aromatic rings. The number of rotatable bonds is 10. The van der Waals surface area contributed by atoms with E-state index in [2.05, 4.69) is 26.2 Å². The number of pyridine rings is 1. The summed E-state index contributed by atoms with van der Waals surface area (Å²) >= 11 is 0. The van der Waals surface area contributed by atoms with E-state index in [0.29, 0.717) is 97.2 Å². The second kappa shape index (κ2) is 14.7. The van der Waals surface area contributed by atoms with Crippen LogP contribution in [-0.2, 0) is 14.6 Å². The number of nitrogens with one attached hydrogen (secondary N) is 1. The van der Waals surface area contributed by atoms with Gasteiger partial charge in [0, 0.05) is 69.2 Å². The summed E-state index contributed by atoms with van der Waals surface area (Å²) in [7, 11) is -1.37. The maximum atomic E-state index is 13.1. The smallest absolute Gasteiger partial charge is 0.341 e. The fourth-order valence-electron chi connectivity index (χ4n) is 5.57. The zero-order chi connectivity index (χ0) is 32.7. The summed E-state index contributed by atoms with van der Waals surface area (Å²) in [4.78, 5) is 36.5. The monoisotopic (exact) mass is 650 g/mol. The van der Waals surface area contributed by atoms with E-state index in [-0.39, 0.29) is 24.1 Å². The van der Waals surface area contributed by atoms with Gasteiger partial charge in [0.15, 0.2) is 21.3 Å². The van der Waals surface area contributed by atoms with Gasteiger partial charge in [-0.15, -0.1) is 0 Å². The Labute approximate surface area is 268 Å². The van der Waals surface area contributed by atoms with Crippen LogP contribution in [0.5, 0.6) is 11.5 Å². The van der Waals surface area contributed by atoms with Crippen molar-refractivity contribution in [2.45, 2.75) is 13.3 Å². The summed E-state index contributed by atoms with van der Waals surface area (Å²) in [6.07, 6.45) is 2.23. The maximum Gasteiger partial charge on any atom is 0.341 e. The first-order valence-electron chi connectivity index (χ1n) is 15.3. The van der Waals surface area contributed by atoms with Crippen LogP contribution in [0.25, 0.3) is 10.9 Å². The first kappa shape index (κ1) is 32.8. The number of nitriles is 1. The van der Waals surface area contributed by atoms with Gasteiger partial charge in [-0.25, -0.2) is 18.0 Å². The van der Waals surface area contributed by atoms with Crippen LogP contribution in [0.15, 0.2) is 42.6 Å². The minimum absolute atomic E-state index is 0.189. The number of methoxy groups -OCH3 is 1. The minimum Gasteiger partial charge on any atom is -0.493 e. The molecule has 0 saturated carbocycles. The van der Waals surface area contributed by atoms with Gasteiger partial charge in [0.1, 0.15) is 5.56 Å². The number of esters is 1. The number of ether oxygens (including phenoxy) is 3. The number of piperazine rings is 1. The van der Waals surface area contributed by atoms with E-state index >= 15 is 0 Å². The molecular formula is C32H38N6O7S. The molecule has 3 heterocycles. The summed E-state index contributed by atoms with van der Waals surface area (Å²) < 4.78 is 40.5. The molecule has 2 amide bonds. The number of sulfone groups is 1. The van der Waals surface area contributed by atoms with Gasteiger partial charge in [-0.1, -0.05) is 0 Å². The molecule has 0 spiro atoms. The maximum absolute atomic E-state index is 13.1. The molecule has 5 rings (SSSR count). The summed E-state index contributed by atoms with van der Waals surface area (Å²) in [5.41, 5.74) is 2.70. The molecule has 13 nitrogen and oxygen atoms in total.